The Morgan fingerprint density at radius 2 is 2.33 bits per heavy atom. The zero-order valence-electron chi connectivity index (χ0n) is 8.06. The molecule has 0 heterocycles. The quantitative estimate of drug-likeness (QED) is 0.600. The van der Waals surface area contributed by atoms with Crippen molar-refractivity contribution in [1.82, 2.24) is 0 Å². The Balaban J connectivity index is 2.77. The number of rotatable bonds is 3. The number of benzene rings is 1. The third kappa shape index (κ3) is 3.92. The van der Waals surface area contributed by atoms with Crippen LogP contribution in [0.25, 0.3) is 0 Å². The first kappa shape index (κ1) is 13.3. The topological polar surface area (TPSA) is 29.1 Å². The number of alkyl halides is 1. The van der Waals surface area contributed by atoms with Crippen molar-refractivity contribution in [1.29, 1.82) is 0 Å². The first-order valence-electron chi connectivity index (χ1n) is 4.44. The van der Waals surface area contributed by atoms with E-state index in [0.717, 1.165) is 9.99 Å². The molecule has 1 amide bonds. The minimum absolute atomic E-state index is 0.0689. The van der Waals surface area contributed by atoms with E-state index >= 15 is 0 Å². The molecule has 1 rings (SSSR count). The molecule has 1 unspecified atom stereocenters. The van der Waals surface area contributed by atoms with Gasteiger partial charge in [-0.3, -0.25) is 4.79 Å². The predicted octanol–water partition coefficient (Wildman–Crippen LogP) is 4.06. The molecular weight excluding hydrogens is 392 g/mol. The van der Waals surface area contributed by atoms with E-state index in [-0.39, 0.29) is 10.7 Å². The van der Waals surface area contributed by atoms with Crippen LogP contribution >= 0.6 is 50.1 Å². The summed E-state index contributed by atoms with van der Waals surface area (Å²) in [6.45, 7) is 1.94. The summed E-state index contributed by atoms with van der Waals surface area (Å²) in [4.78, 5) is 11.4. The Bertz CT molecular complexity index is 372. The number of carbonyl (C=O) groups is 1. The molecular formula is C10H10BrClINO. The Labute approximate surface area is 116 Å². The minimum Gasteiger partial charge on any atom is -0.324 e. The van der Waals surface area contributed by atoms with E-state index in [1.165, 1.54) is 0 Å². The molecule has 2 nitrogen and oxygen atoms in total. The van der Waals surface area contributed by atoms with Crippen molar-refractivity contribution < 1.29 is 4.79 Å². The van der Waals surface area contributed by atoms with Crippen LogP contribution in [0.5, 0.6) is 0 Å². The second-order valence-electron chi connectivity index (χ2n) is 2.99. The number of hydrogen-bond donors (Lipinski definition) is 1. The first-order chi connectivity index (χ1) is 7.04. The van der Waals surface area contributed by atoms with Crippen LogP contribution in [0.2, 0.25) is 5.02 Å². The van der Waals surface area contributed by atoms with Crippen molar-refractivity contribution in [3.05, 3.63) is 26.8 Å². The maximum atomic E-state index is 11.6. The van der Waals surface area contributed by atoms with Crippen LogP contribution in [0.4, 0.5) is 5.69 Å². The SMILES string of the molecule is CCC(Br)C(=O)Nc1ccc(I)cc1Cl. The van der Waals surface area contributed by atoms with Crippen LogP contribution in [0, 0.1) is 3.57 Å². The third-order valence-electron chi connectivity index (χ3n) is 1.83. The van der Waals surface area contributed by atoms with Crippen LogP contribution in [0.15, 0.2) is 18.2 Å². The number of hydrogen-bond acceptors (Lipinski definition) is 1. The molecule has 0 saturated heterocycles. The van der Waals surface area contributed by atoms with Crippen molar-refractivity contribution in [2.75, 3.05) is 5.32 Å². The van der Waals surface area contributed by atoms with Gasteiger partial charge in [-0.1, -0.05) is 34.5 Å². The van der Waals surface area contributed by atoms with E-state index in [1.807, 2.05) is 19.1 Å². The van der Waals surface area contributed by atoms with Crippen molar-refractivity contribution >= 4 is 61.7 Å². The largest absolute Gasteiger partial charge is 0.324 e. The molecule has 0 fully saturated rings. The molecule has 1 N–H and O–H groups in total. The molecule has 0 spiro atoms. The summed E-state index contributed by atoms with van der Waals surface area (Å²) in [6.07, 6.45) is 0.744. The lowest BCUT2D eigenvalue weighted by atomic mass is 10.3. The van der Waals surface area contributed by atoms with Gasteiger partial charge in [0.15, 0.2) is 0 Å². The Morgan fingerprint density at radius 1 is 1.67 bits per heavy atom. The van der Waals surface area contributed by atoms with Gasteiger partial charge in [0.2, 0.25) is 5.91 Å². The van der Waals surface area contributed by atoms with Crippen LogP contribution in [-0.2, 0) is 4.79 Å². The number of amides is 1. The standard InChI is InChI=1S/C10H10BrClINO/c1-2-7(11)10(15)14-9-4-3-6(13)5-8(9)12/h3-5,7H,2H2,1H3,(H,14,15). The highest BCUT2D eigenvalue weighted by Crippen LogP contribution is 2.24. The predicted molar refractivity (Wildman–Crippen MR) is 75.8 cm³/mol. The average Bonchev–Trinajstić information content (AvgIpc) is 2.20. The molecule has 0 aliphatic rings. The fourth-order valence-corrected chi connectivity index (χ4v) is 2.00. The zero-order valence-corrected chi connectivity index (χ0v) is 12.6. The van der Waals surface area contributed by atoms with Crippen LogP contribution in [0.1, 0.15) is 13.3 Å². The van der Waals surface area contributed by atoms with E-state index in [4.69, 9.17) is 11.6 Å². The maximum Gasteiger partial charge on any atom is 0.238 e. The first-order valence-corrected chi connectivity index (χ1v) is 6.81. The molecule has 1 atom stereocenters. The van der Waals surface area contributed by atoms with Crippen LogP contribution < -0.4 is 5.32 Å². The van der Waals surface area contributed by atoms with Gasteiger partial charge in [0.25, 0.3) is 0 Å². The van der Waals surface area contributed by atoms with Gasteiger partial charge in [0, 0.05) is 3.57 Å². The summed E-state index contributed by atoms with van der Waals surface area (Å²) < 4.78 is 1.04. The van der Waals surface area contributed by atoms with Gasteiger partial charge < -0.3 is 5.32 Å². The Kier molecular flexibility index (Phi) is 5.35. The van der Waals surface area contributed by atoms with Crippen molar-refractivity contribution in [3.63, 3.8) is 0 Å². The second kappa shape index (κ2) is 6.06. The van der Waals surface area contributed by atoms with E-state index in [2.05, 4.69) is 43.8 Å². The molecule has 5 heteroatoms. The number of anilines is 1. The minimum atomic E-state index is -0.173. The lowest BCUT2D eigenvalue weighted by Gasteiger charge is -2.10. The normalized spacial score (nSPS) is 12.3. The van der Waals surface area contributed by atoms with Crippen molar-refractivity contribution in [3.8, 4) is 0 Å². The van der Waals surface area contributed by atoms with Gasteiger partial charge in [-0.05, 0) is 47.2 Å². The monoisotopic (exact) mass is 401 g/mol. The maximum absolute atomic E-state index is 11.6. The van der Waals surface area contributed by atoms with Crippen LogP contribution in [-0.4, -0.2) is 10.7 Å². The summed E-state index contributed by atoms with van der Waals surface area (Å²) in [5.41, 5.74) is 0.653. The summed E-state index contributed by atoms with van der Waals surface area (Å²) in [5, 5.41) is 3.33. The molecule has 0 saturated carbocycles. The van der Waals surface area contributed by atoms with Gasteiger partial charge in [-0.2, -0.15) is 0 Å². The Morgan fingerprint density at radius 3 is 2.87 bits per heavy atom. The lowest BCUT2D eigenvalue weighted by Crippen LogP contribution is -2.22. The van der Waals surface area contributed by atoms with Gasteiger partial charge in [-0.15, -0.1) is 0 Å². The summed E-state index contributed by atoms with van der Waals surface area (Å²) in [6, 6.07) is 5.52. The molecule has 1 aromatic carbocycles. The molecule has 82 valence electrons. The highest BCUT2D eigenvalue weighted by Gasteiger charge is 2.13. The Hall–Kier alpha value is 0.190. The van der Waals surface area contributed by atoms with E-state index in [0.29, 0.717) is 10.7 Å². The summed E-state index contributed by atoms with van der Waals surface area (Å²) in [7, 11) is 0. The van der Waals surface area contributed by atoms with Gasteiger partial charge in [0.1, 0.15) is 0 Å². The average molecular weight is 402 g/mol. The van der Waals surface area contributed by atoms with E-state index in [1.54, 1.807) is 6.07 Å². The van der Waals surface area contributed by atoms with Gasteiger partial charge >= 0.3 is 0 Å². The zero-order chi connectivity index (χ0) is 11.4. The highest BCUT2D eigenvalue weighted by molar-refractivity contribution is 14.1. The molecule has 0 aromatic heterocycles. The lowest BCUT2D eigenvalue weighted by molar-refractivity contribution is -0.115. The number of halogens is 3. The second-order valence-corrected chi connectivity index (χ2v) is 5.75. The smallest absolute Gasteiger partial charge is 0.238 e. The highest BCUT2D eigenvalue weighted by atomic mass is 127. The van der Waals surface area contributed by atoms with Gasteiger partial charge in [-0.25, -0.2) is 0 Å². The fraction of sp³-hybridized carbons (Fsp3) is 0.300. The van der Waals surface area contributed by atoms with Crippen molar-refractivity contribution in [2.24, 2.45) is 0 Å². The number of carbonyl (C=O) groups excluding carboxylic acids is 1. The summed E-state index contributed by atoms with van der Waals surface area (Å²) in [5.74, 6) is -0.0689. The number of nitrogens with one attached hydrogen (secondary N) is 1. The van der Waals surface area contributed by atoms with Crippen LogP contribution in [0.3, 0.4) is 0 Å². The molecule has 0 bridgehead atoms. The molecule has 0 aliphatic heterocycles. The fourth-order valence-electron chi connectivity index (χ4n) is 0.987. The van der Waals surface area contributed by atoms with Gasteiger partial charge in [0.05, 0.1) is 15.5 Å². The van der Waals surface area contributed by atoms with Crippen molar-refractivity contribution in [2.45, 2.75) is 18.2 Å². The molecule has 1 aromatic rings. The summed E-state index contributed by atoms with van der Waals surface area (Å²) >= 11 is 11.4. The third-order valence-corrected chi connectivity index (χ3v) is 3.88. The van der Waals surface area contributed by atoms with E-state index in [9.17, 15) is 4.79 Å². The molecule has 0 aliphatic carbocycles. The van der Waals surface area contributed by atoms with E-state index < -0.39 is 0 Å². The molecule has 0 radical (unpaired) electrons. The molecule has 15 heavy (non-hydrogen) atoms.